The summed E-state index contributed by atoms with van der Waals surface area (Å²) in [5.41, 5.74) is 0.789. The number of nitrogens with zero attached hydrogens (tertiary/aromatic N) is 2. The summed E-state index contributed by atoms with van der Waals surface area (Å²) < 4.78 is 0. The Balaban J connectivity index is 2.29. The number of aromatic nitrogens is 2. The molecule has 0 radical (unpaired) electrons. The summed E-state index contributed by atoms with van der Waals surface area (Å²) >= 11 is 0. The summed E-state index contributed by atoms with van der Waals surface area (Å²) in [6.07, 6.45) is 1.67. The van der Waals surface area contributed by atoms with Crippen LogP contribution in [0.25, 0.3) is 10.9 Å². The van der Waals surface area contributed by atoms with Crippen LogP contribution < -0.4 is 5.32 Å². The number of aliphatic carboxylic acids is 1. The van der Waals surface area contributed by atoms with Crippen molar-refractivity contribution in [2.75, 3.05) is 5.32 Å². The normalized spacial score (nSPS) is 12.3. The molecule has 0 bridgehead atoms. The van der Waals surface area contributed by atoms with Crippen LogP contribution in [0.2, 0.25) is 0 Å². The fourth-order valence-corrected chi connectivity index (χ4v) is 1.30. The molecule has 5 nitrogen and oxygen atoms in total. The molecule has 2 aromatic rings. The fourth-order valence-electron chi connectivity index (χ4n) is 1.30. The molecule has 16 heavy (non-hydrogen) atoms. The Morgan fingerprint density at radius 1 is 1.44 bits per heavy atom. The van der Waals surface area contributed by atoms with E-state index in [1.165, 1.54) is 0 Å². The number of carboxylic acid groups (broad SMARTS) is 1. The number of fused-ring (bicyclic) bond motifs is 1. The number of hydrogen-bond donors (Lipinski definition) is 2. The molecule has 1 atom stereocenters. The van der Waals surface area contributed by atoms with Crippen molar-refractivity contribution in [1.82, 2.24) is 9.97 Å². The first-order valence-electron chi connectivity index (χ1n) is 4.88. The van der Waals surface area contributed by atoms with E-state index in [9.17, 15) is 4.79 Å². The average Bonchev–Trinajstić information content (AvgIpc) is 2.28. The van der Waals surface area contributed by atoms with Crippen LogP contribution >= 0.6 is 0 Å². The molecule has 0 saturated heterocycles. The molecule has 1 aromatic carbocycles. The second-order valence-electron chi connectivity index (χ2n) is 3.46. The molecule has 0 spiro atoms. The Bertz CT molecular complexity index is 527. The van der Waals surface area contributed by atoms with Gasteiger partial charge in [-0.15, -0.1) is 0 Å². The quantitative estimate of drug-likeness (QED) is 0.815. The summed E-state index contributed by atoms with van der Waals surface area (Å²) in [5, 5.41) is 12.4. The number of carboxylic acids is 1. The predicted octanol–water partition coefficient (Wildman–Crippen LogP) is 1.51. The third-order valence-electron chi connectivity index (χ3n) is 2.21. The van der Waals surface area contributed by atoms with Crippen molar-refractivity contribution in [1.29, 1.82) is 0 Å². The third-order valence-corrected chi connectivity index (χ3v) is 2.21. The number of hydrogen-bond acceptors (Lipinski definition) is 4. The van der Waals surface area contributed by atoms with E-state index in [1.807, 2.05) is 24.3 Å². The fraction of sp³-hybridized carbons (Fsp3) is 0.182. The lowest BCUT2D eigenvalue weighted by Crippen LogP contribution is -2.26. The summed E-state index contributed by atoms with van der Waals surface area (Å²) in [7, 11) is 0. The largest absolute Gasteiger partial charge is 0.480 e. The first kappa shape index (κ1) is 10.4. The minimum Gasteiger partial charge on any atom is -0.480 e. The molecule has 0 aliphatic rings. The Labute approximate surface area is 92.2 Å². The van der Waals surface area contributed by atoms with E-state index in [0.29, 0.717) is 5.95 Å². The summed E-state index contributed by atoms with van der Waals surface area (Å²) in [6, 6.07) is 6.83. The first-order valence-corrected chi connectivity index (χ1v) is 4.88. The highest BCUT2D eigenvalue weighted by Crippen LogP contribution is 2.12. The standard InChI is InChI=1S/C11H11N3O2/c1-7(10(15)16)13-11-12-6-8-4-2-3-5-9(8)14-11/h2-7H,1H3,(H,15,16)(H,12,13,14). The van der Waals surface area contributed by atoms with Gasteiger partial charge in [0.1, 0.15) is 6.04 Å². The molecule has 82 valence electrons. The van der Waals surface area contributed by atoms with Gasteiger partial charge in [0.25, 0.3) is 0 Å². The number of carbonyl (C=O) groups is 1. The summed E-state index contributed by atoms with van der Waals surface area (Å²) in [4.78, 5) is 18.9. The van der Waals surface area contributed by atoms with Gasteiger partial charge in [0.2, 0.25) is 5.95 Å². The summed E-state index contributed by atoms with van der Waals surface area (Å²) in [5.74, 6) is -0.606. The molecule has 2 rings (SSSR count). The number of nitrogens with one attached hydrogen (secondary N) is 1. The zero-order chi connectivity index (χ0) is 11.5. The maximum Gasteiger partial charge on any atom is 0.325 e. The number of para-hydroxylation sites is 1. The Morgan fingerprint density at radius 2 is 2.19 bits per heavy atom. The lowest BCUT2D eigenvalue weighted by molar-refractivity contribution is -0.137. The number of rotatable bonds is 3. The van der Waals surface area contributed by atoms with Gasteiger partial charge in [0, 0.05) is 11.6 Å². The highest BCUT2D eigenvalue weighted by Gasteiger charge is 2.11. The van der Waals surface area contributed by atoms with E-state index < -0.39 is 12.0 Å². The number of benzene rings is 1. The van der Waals surface area contributed by atoms with E-state index in [1.54, 1.807) is 13.1 Å². The molecule has 0 saturated carbocycles. The van der Waals surface area contributed by atoms with Crippen molar-refractivity contribution in [2.45, 2.75) is 13.0 Å². The third kappa shape index (κ3) is 2.08. The molecule has 0 amide bonds. The molecule has 5 heteroatoms. The van der Waals surface area contributed by atoms with E-state index in [-0.39, 0.29) is 0 Å². The van der Waals surface area contributed by atoms with Gasteiger partial charge in [0.15, 0.2) is 0 Å². The van der Waals surface area contributed by atoms with Gasteiger partial charge < -0.3 is 10.4 Å². The minimum atomic E-state index is -0.934. The Morgan fingerprint density at radius 3 is 2.94 bits per heavy atom. The first-order chi connectivity index (χ1) is 7.66. The molecule has 1 heterocycles. The second kappa shape index (κ2) is 4.14. The van der Waals surface area contributed by atoms with Crippen LogP contribution in [0.4, 0.5) is 5.95 Å². The van der Waals surface area contributed by atoms with Gasteiger partial charge in [-0.1, -0.05) is 18.2 Å². The van der Waals surface area contributed by atoms with Crippen molar-refractivity contribution in [3.63, 3.8) is 0 Å². The van der Waals surface area contributed by atoms with E-state index in [4.69, 9.17) is 5.11 Å². The van der Waals surface area contributed by atoms with Crippen molar-refractivity contribution < 1.29 is 9.90 Å². The Hall–Kier alpha value is -2.17. The monoisotopic (exact) mass is 217 g/mol. The molecule has 1 unspecified atom stereocenters. The molecule has 0 aliphatic carbocycles. The van der Waals surface area contributed by atoms with Gasteiger partial charge >= 0.3 is 5.97 Å². The zero-order valence-corrected chi connectivity index (χ0v) is 8.71. The molecular formula is C11H11N3O2. The highest BCUT2D eigenvalue weighted by molar-refractivity contribution is 5.79. The lowest BCUT2D eigenvalue weighted by Gasteiger charge is -2.08. The predicted molar refractivity (Wildman–Crippen MR) is 60.3 cm³/mol. The van der Waals surface area contributed by atoms with Gasteiger partial charge in [-0.3, -0.25) is 4.79 Å². The van der Waals surface area contributed by atoms with Crippen LogP contribution in [0, 0.1) is 0 Å². The summed E-state index contributed by atoms with van der Waals surface area (Å²) in [6.45, 7) is 1.54. The van der Waals surface area contributed by atoms with Crippen LogP contribution in [0.5, 0.6) is 0 Å². The molecule has 1 aromatic heterocycles. The lowest BCUT2D eigenvalue weighted by atomic mass is 10.2. The molecular weight excluding hydrogens is 206 g/mol. The highest BCUT2D eigenvalue weighted by atomic mass is 16.4. The maximum atomic E-state index is 10.6. The van der Waals surface area contributed by atoms with Crippen LogP contribution in [-0.2, 0) is 4.79 Å². The van der Waals surface area contributed by atoms with Gasteiger partial charge in [0.05, 0.1) is 5.52 Å². The minimum absolute atomic E-state index is 0.327. The SMILES string of the molecule is CC(Nc1ncc2ccccc2n1)C(=O)O. The Kier molecular flexibility index (Phi) is 2.68. The molecule has 0 aliphatic heterocycles. The van der Waals surface area contributed by atoms with E-state index in [2.05, 4.69) is 15.3 Å². The van der Waals surface area contributed by atoms with Crippen LogP contribution in [-0.4, -0.2) is 27.1 Å². The van der Waals surface area contributed by atoms with Gasteiger partial charge in [-0.2, -0.15) is 0 Å². The molecule has 2 N–H and O–H groups in total. The van der Waals surface area contributed by atoms with Gasteiger partial charge in [-0.05, 0) is 13.0 Å². The van der Waals surface area contributed by atoms with Crippen LogP contribution in [0.1, 0.15) is 6.92 Å². The van der Waals surface area contributed by atoms with Crippen molar-refractivity contribution in [3.05, 3.63) is 30.5 Å². The topological polar surface area (TPSA) is 75.1 Å². The van der Waals surface area contributed by atoms with Crippen LogP contribution in [0.3, 0.4) is 0 Å². The van der Waals surface area contributed by atoms with Crippen LogP contribution in [0.15, 0.2) is 30.5 Å². The van der Waals surface area contributed by atoms with E-state index in [0.717, 1.165) is 10.9 Å². The van der Waals surface area contributed by atoms with Gasteiger partial charge in [-0.25, -0.2) is 9.97 Å². The average molecular weight is 217 g/mol. The zero-order valence-electron chi connectivity index (χ0n) is 8.71. The second-order valence-corrected chi connectivity index (χ2v) is 3.46. The smallest absolute Gasteiger partial charge is 0.325 e. The maximum absolute atomic E-state index is 10.6. The van der Waals surface area contributed by atoms with Crippen molar-refractivity contribution in [3.8, 4) is 0 Å². The van der Waals surface area contributed by atoms with E-state index >= 15 is 0 Å². The molecule has 0 fully saturated rings. The number of anilines is 1. The van der Waals surface area contributed by atoms with Crippen molar-refractivity contribution >= 4 is 22.8 Å². The van der Waals surface area contributed by atoms with Crippen molar-refractivity contribution in [2.24, 2.45) is 0 Å².